The quantitative estimate of drug-likeness (QED) is 0.426. The van der Waals surface area contributed by atoms with Crippen molar-refractivity contribution in [3.63, 3.8) is 0 Å². The van der Waals surface area contributed by atoms with Crippen LogP contribution in [0.15, 0.2) is 0 Å². The van der Waals surface area contributed by atoms with Gasteiger partial charge in [-0.15, -0.1) is 0 Å². The summed E-state index contributed by atoms with van der Waals surface area (Å²) in [5.41, 5.74) is 0. The summed E-state index contributed by atoms with van der Waals surface area (Å²) in [6.07, 6.45) is -0.579. The van der Waals surface area contributed by atoms with Crippen molar-refractivity contribution in [2.45, 2.75) is 36.4 Å². The van der Waals surface area contributed by atoms with Crippen LogP contribution in [0.3, 0.4) is 0 Å². The number of epoxide rings is 1. The topological polar surface area (TPSA) is 57.3 Å². The molecule has 0 spiro atoms. The first-order valence-electron chi connectivity index (χ1n) is 4.66. The smallest absolute Gasteiger partial charge is 0.352 e. The highest BCUT2D eigenvalue weighted by Crippen LogP contribution is 2.48. The molecule has 0 aromatic rings. The minimum atomic E-state index is -1.05. The number of carbonyl (C=O) groups is 1. The number of rotatable bonds is 2. The zero-order valence-corrected chi connectivity index (χ0v) is 10.4. The van der Waals surface area contributed by atoms with Gasteiger partial charge in [0.25, 0.3) is 0 Å². The first-order chi connectivity index (χ1) is 6.89. The van der Waals surface area contributed by atoms with Crippen molar-refractivity contribution in [3.05, 3.63) is 0 Å². The van der Waals surface area contributed by atoms with Gasteiger partial charge in [0.1, 0.15) is 12.2 Å². The van der Waals surface area contributed by atoms with Gasteiger partial charge in [-0.05, 0) is 29.8 Å². The van der Waals surface area contributed by atoms with Gasteiger partial charge in [0.2, 0.25) is 4.51 Å². The first-order valence-corrected chi connectivity index (χ1v) is 5.45. The van der Waals surface area contributed by atoms with E-state index in [2.05, 4.69) is 20.7 Å². The highest BCUT2D eigenvalue weighted by molar-refractivity contribution is 9.10. The van der Waals surface area contributed by atoms with Gasteiger partial charge < -0.3 is 18.9 Å². The minimum absolute atomic E-state index is 0.238. The Morgan fingerprint density at radius 2 is 2.13 bits per heavy atom. The van der Waals surface area contributed by atoms with E-state index < -0.39 is 16.3 Å². The molecule has 2 saturated heterocycles. The number of hydrogen-bond donors (Lipinski definition) is 0. The molecule has 86 valence electrons. The molecule has 2 fully saturated rings. The van der Waals surface area contributed by atoms with E-state index in [0.717, 1.165) is 0 Å². The summed E-state index contributed by atoms with van der Waals surface area (Å²) in [6, 6.07) is 0. The molecule has 0 aliphatic carbocycles. The maximum atomic E-state index is 11.3. The van der Waals surface area contributed by atoms with Crippen LogP contribution >= 0.6 is 15.9 Å². The Morgan fingerprint density at radius 1 is 1.47 bits per heavy atom. The number of esters is 1. The average molecular weight is 281 g/mol. The lowest BCUT2D eigenvalue weighted by atomic mass is 10.2. The summed E-state index contributed by atoms with van der Waals surface area (Å²) < 4.78 is 19.8. The highest BCUT2D eigenvalue weighted by atomic mass is 79.9. The molecule has 5 nitrogen and oxygen atoms in total. The molecule has 0 aromatic carbocycles. The Labute approximate surface area is 96.1 Å². The molecule has 0 N–H and O–H groups in total. The molecule has 15 heavy (non-hydrogen) atoms. The third-order valence-electron chi connectivity index (χ3n) is 2.44. The fraction of sp³-hybridized carbons (Fsp3) is 0.889. The molecule has 2 rings (SSSR count). The molecule has 3 atom stereocenters. The first kappa shape index (κ1) is 11.3. The summed E-state index contributed by atoms with van der Waals surface area (Å²) in [5, 5.41) is 0. The predicted octanol–water partition coefficient (Wildman–Crippen LogP) is 0.801. The summed E-state index contributed by atoms with van der Waals surface area (Å²) in [5.74, 6) is -1.05. The lowest BCUT2D eigenvalue weighted by molar-refractivity contribution is -0.144. The van der Waals surface area contributed by atoms with Crippen LogP contribution in [0, 0.1) is 0 Å². The van der Waals surface area contributed by atoms with Crippen LogP contribution in [0.2, 0.25) is 0 Å². The molecular weight excluding hydrogens is 268 g/mol. The Kier molecular flexibility index (Phi) is 2.57. The summed E-state index contributed by atoms with van der Waals surface area (Å²) in [4.78, 5) is 11.3. The largest absolute Gasteiger partial charge is 0.466 e. The Bertz CT molecular complexity index is 292. The van der Waals surface area contributed by atoms with Crippen LogP contribution in [-0.2, 0) is 23.7 Å². The van der Waals surface area contributed by atoms with E-state index in [1.54, 1.807) is 0 Å². The van der Waals surface area contributed by atoms with Crippen molar-refractivity contribution in [2.75, 3.05) is 13.7 Å². The van der Waals surface area contributed by atoms with Crippen molar-refractivity contribution in [1.82, 2.24) is 0 Å². The van der Waals surface area contributed by atoms with Gasteiger partial charge in [-0.2, -0.15) is 0 Å². The van der Waals surface area contributed by atoms with Crippen molar-refractivity contribution in [2.24, 2.45) is 0 Å². The van der Waals surface area contributed by atoms with Crippen LogP contribution in [0.5, 0.6) is 0 Å². The number of carbonyl (C=O) groups excluding carboxylic acids is 1. The van der Waals surface area contributed by atoms with Crippen LogP contribution in [-0.4, -0.2) is 42.2 Å². The molecule has 2 heterocycles. The molecule has 0 saturated carbocycles. The van der Waals surface area contributed by atoms with Crippen LogP contribution in [0.1, 0.15) is 13.8 Å². The number of alkyl halides is 1. The number of halogens is 1. The van der Waals surface area contributed by atoms with Crippen molar-refractivity contribution >= 4 is 21.9 Å². The second-order valence-electron chi connectivity index (χ2n) is 4.04. The van der Waals surface area contributed by atoms with E-state index in [1.165, 1.54) is 7.11 Å². The van der Waals surface area contributed by atoms with Crippen molar-refractivity contribution < 1.29 is 23.7 Å². The maximum absolute atomic E-state index is 11.3. The molecule has 2 aliphatic rings. The van der Waals surface area contributed by atoms with Crippen molar-refractivity contribution in [1.29, 1.82) is 0 Å². The van der Waals surface area contributed by atoms with Crippen LogP contribution in [0.4, 0.5) is 0 Å². The van der Waals surface area contributed by atoms with Crippen molar-refractivity contribution in [3.8, 4) is 0 Å². The predicted molar refractivity (Wildman–Crippen MR) is 53.5 cm³/mol. The molecule has 0 aromatic heterocycles. The summed E-state index contributed by atoms with van der Waals surface area (Å²) in [7, 11) is 1.32. The second-order valence-corrected chi connectivity index (χ2v) is 5.22. The van der Waals surface area contributed by atoms with Gasteiger partial charge >= 0.3 is 5.97 Å². The molecule has 6 heteroatoms. The van der Waals surface area contributed by atoms with E-state index in [9.17, 15) is 4.79 Å². The maximum Gasteiger partial charge on any atom is 0.352 e. The summed E-state index contributed by atoms with van der Waals surface area (Å²) in [6.45, 7) is 4.06. The zero-order chi connectivity index (χ0) is 11.3. The second kappa shape index (κ2) is 3.41. The standard InChI is InChI=1S/C9H13BrO5/c1-8(2)13-4-5(14-8)6-9(10,15-6)7(11)12-3/h5-6H,4H2,1-3H3/t5-,6?,9?/m1/s1. The van der Waals surface area contributed by atoms with Crippen LogP contribution in [0.25, 0.3) is 0 Å². The number of ether oxygens (including phenoxy) is 4. The van der Waals surface area contributed by atoms with E-state index in [1.807, 2.05) is 13.8 Å². The molecule has 2 aliphatic heterocycles. The van der Waals surface area contributed by atoms with E-state index in [4.69, 9.17) is 14.2 Å². The van der Waals surface area contributed by atoms with Gasteiger partial charge in [-0.1, -0.05) is 0 Å². The van der Waals surface area contributed by atoms with Gasteiger partial charge in [-0.3, -0.25) is 0 Å². The van der Waals surface area contributed by atoms with Gasteiger partial charge in [0, 0.05) is 0 Å². The van der Waals surface area contributed by atoms with Gasteiger partial charge in [0.15, 0.2) is 5.79 Å². The number of hydrogen-bond acceptors (Lipinski definition) is 5. The summed E-state index contributed by atoms with van der Waals surface area (Å²) >= 11 is 3.20. The fourth-order valence-corrected chi connectivity index (χ4v) is 2.29. The number of methoxy groups -OCH3 is 1. The molecule has 2 unspecified atom stereocenters. The average Bonchev–Trinajstić information content (AvgIpc) is 2.73. The van der Waals surface area contributed by atoms with E-state index >= 15 is 0 Å². The third kappa shape index (κ3) is 1.91. The highest BCUT2D eigenvalue weighted by Gasteiger charge is 2.67. The molecule has 0 amide bonds. The lowest BCUT2D eigenvalue weighted by Crippen LogP contribution is -2.31. The molecular formula is C9H13BrO5. The lowest BCUT2D eigenvalue weighted by Gasteiger charge is -2.16. The normalized spacial score (nSPS) is 42.7. The third-order valence-corrected chi connectivity index (χ3v) is 3.40. The molecule has 0 radical (unpaired) electrons. The Morgan fingerprint density at radius 3 is 2.60 bits per heavy atom. The van der Waals surface area contributed by atoms with E-state index in [0.29, 0.717) is 6.61 Å². The van der Waals surface area contributed by atoms with Gasteiger partial charge in [-0.25, -0.2) is 4.79 Å². The Balaban J connectivity index is 1.97. The molecule has 0 bridgehead atoms. The van der Waals surface area contributed by atoms with Gasteiger partial charge in [0.05, 0.1) is 13.7 Å². The van der Waals surface area contributed by atoms with Crippen LogP contribution < -0.4 is 0 Å². The fourth-order valence-electron chi connectivity index (χ4n) is 1.63. The Hall–Kier alpha value is -0.170. The SMILES string of the molecule is COC(=O)C1(Br)OC1[C@H]1COC(C)(C)O1. The zero-order valence-electron chi connectivity index (χ0n) is 8.78. The minimum Gasteiger partial charge on any atom is -0.466 e. The van der Waals surface area contributed by atoms with E-state index in [-0.39, 0.29) is 12.2 Å². The monoisotopic (exact) mass is 280 g/mol.